The zero-order chi connectivity index (χ0) is 21.4. The number of hydrogen-bond acceptors (Lipinski definition) is 6. The highest BCUT2D eigenvalue weighted by Crippen LogP contribution is 2.18. The van der Waals surface area contributed by atoms with E-state index in [4.69, 9.17) is 5.73 Å². The summed E-state index contributed by atoms with van der Waals surface area (Å²) in [6, 6.07) is 3.97. The summed E-state index contributed by atoms with van der Waals surface area (Å²) in [6.07, 6.45) is 3.35. The molecule has 29 heavy (non-hydrogen) atoms. The van der Waals surface area contributed by atoms with Crippen LogP contribution in [0.15, 0.2) is 39.8 Å². The third-order valence-corrected chi connectivity index (χ3v) is 5.40. The maximum Gasteiger partial charge on any atom is 0.330 e. The fourth-order valence-corrected chi connectivity index (χ4v) is 3.85. The molecule has 2 rings (SSSR count). The zero-order valence-electron chi connectivity index (χ0n) is 17.0. The lowest BCUT2D eigenvalue weighted by atomic mass is 10.3. The van der Waals surface area contributed by atoms with E-state index < -0.39 is 11.2 Å². The Labute approximate surface area is 174 Å². The van der Waals surface area contributed by atoms with Gasteiger partial charge in [0, 0.05) is 31.1 Å². The van der Waals surface area contributed by atoms with Gasteiger partial charge in [0.2, 0.25) is 5.91 Å². The Morgan fingerprint density at radius 3 is 2.72 bits per heavy atom. The molecule has 0 aliphatic heterocycles. The summed E-state index contributed by atoms with van der Waals surface area (Å²) >= 11 is 1.62. The molecule has 2 aromatic heterocycles. The smallest absolute Gasteiger partial charge is 0.330 e. The van der Waals surface area contributed by atoms with Crippen LogP contribution in [0, 0.1) is 0 Å². The van der Waals surface area contributed by atoms with E-state index in [2.05, 4.69) is 11.6 Å². The molecule has 2 aromatic rings. The number of H-pyrrole nitrogens is 1. The molecule has 0 saturated carbocycles. The van der Waals surface area contributed by atoms with Crippen LogP contribution in [0.4, 0.5) is 11.5 Å². The SMILES string of the molecule is C=CCN(CC(=O)N(CC)c1c(N)n(CCCC)c(=O)[nH]c1=O)Cc1cccs1. The maximum absolute atomic E-state index is 13.1. The van der Waals surface area contributed by atoms with Gasteiger partial charge in [-0.3, -0.25) is 24.0 Å². The minimum absolute atomic E-state index is 0.0240. The van der Waals surface area contributed by atoms with Crippen LogP contribution in [-0.2, 0) is 17.9 Å². The largest absolute Gasteiger partial charge is 0.383 e. The van der Waals surface area contributed by atoms with E-state index in [1.807, 2.05) is 29.3 Å². The van der Waals surface area contributed by atoms with Crippen LogP contribution in [0.5, 0.6) is 0 Å². The summed E-state index contributed by atoms with van der Waals surface area (Å²) in [5, 5.41) is 1.99. The number of carbonyl (C=O) groups excluding carboxylic acids is 1. The molecule has 0 aromatic carbocycles. The number of likely N-dealkylation sites (N-methyl/N-ethyl adjacent to an activating group) is 1. The number of nitrogens with one attached hydrogen (secondary N) is 1. The highest BCUT2D eigenvalue weighted by atomic mass is 32.1. The minimum Gasteiger partial charge on any atom is -0.383 e. The Hall–Kier alpha value is -2.65. The second kappa shape index (κ2) is 10.8. The second-order valence-electron chi connectivity index (χ2n) is 6.67. The average molecular weight is 420 g/mol. The topological polar surface area (TPSA) is 104 Å². The van der Waals surface area contributed by atoms with Crippen molar-refractivity contribution in [2.45, 2.75) is 39.8 Å². The monoisotopic (exact) mass is 419 g/mol. The van der Waals surface area contributed by atoms with E-state index in [1.165, 1.54) is 9.47 Å². The van der Waals surface area contributed by atoms with Crippen molar-refractivity contribution in [2.24, 2.45) is 0 Å². The summed E-state index contributed by atoms with van der Waals surface area (Å²) in [7, 11) is 0. The van der Waals surface area contributed by atoms with Gasteiger partial charge in [0.05, 0.1) is 6.54 Å². The molecular formula is C20H29N5O3S. The van der Waals surface area contributed by atoms with Gasteiger partial charge in [-0.25, -0.2) is 4.79 Å². The van der Waals surface area contributed by atoms with Gasteiger partial charge >= 0.3 is 5.69 Å². The molecule has 0 spiro atoms. The van der Waals surface area contributed by atoms with E-state index in [0.717, 1.165) is 17.7 Å². The highest BCUT2D eigenvalue weighted by Gasteiger charge is 2.24. The maximum atomic E-state index is 13.1. The molecule has 0 unspecified atom stereocenters. The fraction of sp³-hybridized carbons (Fsp3) is 0.450. The predicted octanol–water partition coefficient (Wildman–Crippen LogP) is 2.02. The number of aromatic amines is 1. The molecule has 1 amide bonds. The lowest BCUT2D eigenvalue weighted by molar-refractivity contribution is -0.119. The van der Waals surface area contributed by atoms with Crippen molar-refractivity contribution in [3.05, 3.63) is 55.9 Å². The first-order valence-corrected chi connectivity index (χ1v) is 10.6. The molecule has 9 heteroatoms. The van der Waals surface area contributed by atoms with Crippen molar-refractivity contribution in [1.82, 2.24) is 14.5 Å². The fourth-order valence-electron chi connectivity index (χ4n) is 3.10. The molecule has 0 bridgehead atoms. The number of carbonyl (C=O) groups is 1. The molecule has 3 N–H and O–H groups in total. The number of hydrogen-bond donors (Lipinski definition) is 2. The molecule has 2 heterocycles. The summed E-state index contributed by atoms with van der Waals surface area (Å²) in [6.45, 7) is 9.42. The van der Waals surface area contributed by atoms with E-state index in [9.17, 15) is 14.4 Å². The van der Waals surface area contributed by atoms with Crippen LogP contribution in [0.3, 0.4) is 0 Å². The molecule has 0 aliphatic rings. The van der Waals surface area contributed by atoms with Gasteiger partial charge < -0.3 is 10.6 Å². The summed E-state index contributed by atoms with van der Waals surface area (Å²) in [4.78, 5) is 44.4. The van der Waals surface area contributed by atoms with Crippen molar-refractivity contribution in [3.8, 4) is 0 Å². The van der Waals surface area contributed by atoms with Crippen LogP contribution in [0.25, 0.3) is 0 Å². The Morgan fingerprint density at radius 2 is 2.14 bits per heavy atom. The van der Waals surface area contributed by atoms with Crippen molar-refractivity contribution >= 4 is 28.7 Å². The first-order valence-electron chi connectivity index (χ1n) is 9.71. The lowest BCUT2D eigenvalue weighted by Gasteiger charge is -2.26. The van der Waals surface area contributed by atoms with Gasteiger partial charge in [-0.2, -0.15) is 0 Å². The van der Waals surface area contributed by atoms with E-state index in [0.29, 0.717) is 19.6 Å². The number of nitrogens with zero attached hydrogens (tertiary/aromatic N) is 3. The molecule has 0 saturated heterocycles. The Bertz CT molecular complexity index is 933. The quantitative estimate of drug-likeness (QED) is 0.542. The summed E-state index contributed by atoms with van der Waals surface area (Å²) in [5.41, 5.74) is 4.99. The normalized spacial score (nSPS) is 11.0. The van der Waals surface area contributed by atoms with Gasteiger partial charge in [0.1, 0.15) is 5.82 Å². The standard InChI is InChI=1S/C20H29N5O3S/c1-4-7-11-25-18(21)17(19(27)22-20(25)28)24(6-3)16(26)14-23(10-5-2)13-15-9-8-12-29-15/h5,8-9,12H,2,4,6-7,10-11,13-14,21H2,1,3H3,(H,22,27,28). The first kappa shape index (κ1) is 22.6. The third-order valence-electron chi connectivity index (χ3n) is 4.54. The number of amides is 1. The minimum atomic E-state index is -0.649. The molecule has 0 radical (unpaired) electrons. The van der Waals surface area contributed by atoms with E-state index >= 15 is 0 Å². The zero-order valence-corrected chi connectivity index (χ0v) is 17.8. The molecule has 8 nitrogen and oxygen atoms in total. The lowest BCUT2D eigenvalue weighted by Crippen LogP contribution is -2.45. The summed E-state index contributed by atoms with van der Waals surface area (Å²) in [5.74, 6) is -0.236. The number of nitrogens with two attached hydrogens (primary N) is 1. The van der Waals surface area contributed by atoms with Gasteiger partial charge in [0.25, 0.3) is 5.56 Å². The highest BCUT2D eigenvalue weighted by molar-refractivity contribution is 7.09. The van der Waals surface area contributed by atoms with Crippen LogP contribution in [0.1, 0.15) is 31.6 Å². The summed E-state index contributed by atoms with van der Waals surface area (Å²) < 4.78 is 1.32. The number of anilines is 2. The van der Waals surface area contributed by atoms with E-state index in [-0.39, 0.29) is 30.5 Å². The first-order chi connectivity index (χ1) is 13.9. The Kier molecular flexibility index (Phi) is 8.41. The van der Waals surface area contributed by atoms with Crippen LogP contribution < -0.4 is 21.9 Å². The second-order valence-corrected chi connectivity index (χ2v) is 7.71. The average Bonchev–Trinajstić information content (AvgIpc) is 3.18. The van der Waals surface area contributed by atoms with Crippen molar-refractivity contribution in [3.63, 3.8) is 0 Å². The van der Waals surface area contributed by atoms with Gasteiger partial charge in [0.15, 0.2) is 5.69 Å². The van der Waals surface area contributed by atoms with Gasteiger partial charge in [-0.05, 0) is 24.8 Å². The van der Waals surface area contributed by atoms with Crippen LogP contribution >= 0.6 is 11.3 Å². The van der Waals surface area contributed by atoms with E-state index in [1.54, 1.807) is 24.3 Å². The van der Waals surface area contributed by atoms with Gasteiger partial charge in [-0.15, -0.1) is 17.9 Å². The van der Waals surface area contributed by atoms with Gasteiger partial charge in [-0.1, -0.05) is 25.5 Å². The number of aromatic nitrogens is 2. The number of rotatable bonds is 11. The number of thiophene rings is 1. The predicted molar refractivity (Wildman–Crippen MR) is 118 cm³/mol. The molecule has 158 valence electrons. The van der Waals surface area contributed by atoms with Crippen molar-refractivity contribution in [1.29, 1.82) is 0 Å². The van der Waals surface area contributed by atoms with Crippen LogP contribution in [-0.4, -0.2) is 40.0 Å². The number of unbranched alkanes of at least 4 members (excludes halogenated alkanes) is 1. The van der Waals surface area contributed by atoms with Crippen molar-refractivity contribution < 1.29 is 4.79 Å². The Morgan fingerprint density at radius 1 is 1.38 bits per heavy atom. The van der Waals surface area contributed by atoms with Crippen LogP contribution in [0.2, 0.25) is 0 Å². The molecule has 0 atom stereocenters. The van der Waals surface area contributed by atoms with Crippen molar-refractivity contribution in [2.75, 3.05) is 30.3 Å². The number of nitrogen functional groups attached to an aromatic ring is 1. The molecular weight excluding hydrogens is 390 g/mol. The molecule has 0 fully saturated rings. The Balaban J connectivity index is 2.31. The third kappa shape index (κ3) is 5.68. The molecule has 0 aliphatic carbocycles.